The van der Waals surface area contributed by atoms with Gasteiger partial charge >= 0.3 is 0 Å². The second kappa shape index (κ2) is 5.87. The summed E-state index contributed by atoms with van der Waals surface area (Å²) in [5.74, 6) is 0.659. The Balaban J connectivity index is 2.09. The smallest absolute Gasteiger partial charge is 0.218 e. The Morgan fingerprint density at radius 3 is 2.50 bits per heavy atom. The van der Waals surface area contributed by atoms with E-state index >= 15 is 0 Å². The third kappa shape index (κ3) is 3.23. The second-order valence-electron chi connectivity index (χ2n) is 5.14. The van der Waals surface area contributed by atoms with Crippen LogP contribution in [0.25, 0.3) is 0 Å². The van der Waals surface area contributed by atoms with Crippen LogP contribution in [0.1, 0.15) is 32.7 Å². The van der Waals surface area contributed by atoms with Crippen LogP contribution < -0.4 is 4.74 Å². The minimum absolute atomic E-state index is 0.0137. The molecule has 104 valence electrons. The predicted octanol–water partition coefficient (Wildman–Crippen LogP) is 3.58. The van der Waals surface area contributed by atoms with Crippen molar-refractivity contribution in [1.29, 1.82) is 0 Å². The summed E-state index contributed by atoms with van der Waals surface area (Å²) in [5.41, 5.74) is 4.84. The number of aryl methyl sites for hydroxylation is 3. The fourth-order valence-corrected chi connectivity index (χ4v) is 2.00. The molecule has 0 bridgehead atoms. The summed E-state index contributed by atoms with van der Waals surface area (Å²) in [6.07, 6.45) is 1.69. The molecule has 2 aromatic rings. The van der Waals surface area contributed by atoms with E-state index in [4.69, 9.17) is 4.74 Å². The molecule has 3 heteroatoms. The summed E-state index contributed by atoms with van der Waals surface area (Å²) in [5, 5.41) is 0. The molecule has 0 aliphatic rings. The molecule has 0 amide bonds. The van der Waals surface area contributed by atoms with Gasteiger partial charge in [0.2, 0.25) is 5.78 Å². The van der Waals surface area contributed by atoms with Crippen molar-refractivity contribution in [1.82, 2.24) is 4.98 Å². The molecule has 2 rings (SSSR count). The van der Waals surface area contributed by atoms with Gasteiger partial charge in [-0.25, -0.2) is 0 Å². The number of hydrogen-bond donors (Lipinski definition) is 0. The van der Waals surface area contributed by atoms with Gasteiger partial charge in [0.15, 0.2) is 6.61 Å². The third-order valence-corrected chi connectivity index (χ3v) is 3.32. The Morgan fingerprint density at radius 1 is 1.10 bits per heavy atom. The molecule has 20 heavy (non-hydrogen) atoms. The van der Waals surface area contributed by atoms with Crippen LogP contribution in [0.5, 0.6) is 5.75 Å². The molecule has 0 unspecified atom stereocenters. The lowest BCUT2D eigenvalue weighted by molar-refractivity contribution is 0.0916. The summed E-state index contributed by atoms with van der Waals surface area (Å²) >= 11 is 0. The molecule has 1 aromatic heterocycles. The molecule has 0 atom stereocenters. The van der Waals surface area contributed by atoms with Crippen LogP contribution in [0.4, 0.5) is 0 Å². The molecule has 0 radical (unpaired) electrons. The normalized spacial score (nSPS) is 10.4. The topological polar surface area (TPSA) is 39.2 Å². The van der Waals surface area contributed by atoms with E-state index in [9.17, 15) is 4.79 Å². The van der Waals surface area contributed by atoms with Crippen LogP contribution in [0.3, 0.4) is 0 Å². The zero-order valence-electron chi connectivity index (χ0n) is 12.4. The highest BCUT2D eigenvalue weighted by Crippen LogP contribution is 2.23. The maximum absolute atomic E-state index is 12.0. The Morgan fingerprint density at radius 2 is 1.85 bits per heavy atom. The molecule has 0 N–H and O–H groups in total. The Kier molecular flexibility index (Phi) is 4.18. The van der Waals surface area contributed by atoms with E-state index in [1.807, 2.05) is 39.8 Å². The van der Waals surface area contributed by atoms with E-state index in [1.54, 1.807) is 12.3 Å². The van der Waals surface area contributed by atoms with Gasteiger partial charge in [0.1, 0.15) is 11.4 Å². The summed E-state index contributed by atoms with van der Waals surface area (Å²) in [6.45, 7) is 8.01. The highest BCUT2D eigenvalue weighted by Gasteiger charge is 2.10. The molecule has 1 aromatic carbocycles. The van der Waals surface area contributed by atoms with Crippen molar-refractivity contribution in [2.45, 2.75) is 27.7 Å². The molecule has 0 fully saturated rings. The minimum Gasteiger partial charge on any atom is -0.485 e. The monoisotopic (exact) mass is 269 g/mol. The average Bonchev–Trinajstić information content (AvgIpc) is 2.41. The number of pyridine rings is 1. The van der Waals surface area contributed by atoms with Crippen LogP contribution >= 0.6 is 0 Å². The van der Waals surface area contributed by atoms with Gasteiger partial charge in [0.05, 0.1) is 0 Å². The number of aromatic nitrogens is 1. The molecular formula is C17H19NO2. The highest BCUT2D eigenvalue weighted by molar-refractivity contribution is 5.95. The lowest BCUT2D eigenvalue weighted by atomic mass is 10.1. The molecule has 0 aliphatic carbocycles. The first-order chi connectivity index (χ1) is 9.47. The van der Waals surface area contributed by atoms with E-state index < -0.39 is 0 Å². The predicted molar refractivity (Wildman–Crippen MR) is 79.5 cm³/mol. The minimum atomic E-state index is -0.108. The van der Waals surface area contributed by atoms with Gasteiger partial charge in [-0.1, -0.05) is 12.1 Å². The van der Waals surface area contributed by atoms with E-state index in [2.05, 4.69) is 11.1 Å². The first kappa shape index (κ1) is 14.3. The number of hydrogen-bond acceptors (Lipinski definition) is 3. The molecule has 0 spiro atoms. The number of carbonyl (C=O) groups is 1. The first-order valence-electron chi connectivity index (χ1n) is 6.64. The number of benzene rings is 1. The number of ether oxygens (including phenoxy) is 1. The van der Waals surface area contributed by atoms with E-state index in [0.717, 1.165) is 22.4 Å². The lowest BCUT2D eigenvalue weighted by Gasteiger charge is -2.11. The van der Waals surface area contributed by atoms with Crippen LogP contribution in [0.15, 0.2) is 30.5 Å². The van der Waals surface area contributed by atoms with Crippen LogP contribution in [0, 0.1) is 27.7 Å². The molecular weight excluding hydrogens is 250 g/mol. The van der Waals surface area contributed by atoms with Crippen molar-refractivity contribution < 1.29 is 9.53 Å². The largest absolute Gasteiger partial charge is 0.485 e. The number of nitrogens with zero attached hydrogens (tertiary/aromatic N) is 1. The lowest BCUT2D eigenvalue weighted by Crippen LogP contribution is -2.13. The Hall–Kier alpha value is -2.16. The van der Waals surface area contributed by atoms with Gasteiger partial charge < -0.3 is 4.74 Å². The summed E-state index contributed by atoms with van der Waals surface area (Å²) in [7, 11) is 0. The molecule has 0 saturated heterocycles. The molecule has 0 saturated carbocycles. The standard InChI is InChI=1S/C17H19NO2/c1-11-5-6-15(18-9-11)16(19)10-20-17-8-12(2)7-13(3)14(17)4/h5-9H,10H2,1-4H3. The number of Topliss-reactive ketones (excluding diaryl/α,β-unsaturated/α-hetero) is 1. The van der Waals surface area contributed by atoms with Crippen molar-refractivity contribution in [3.63, 3.8) is 0 Å². The maximum atomic E-state index is 12.0. The van der Waals surface area contributed by atoms with Crippen molar-refractivity contribution >= 4 is 5.78 Å². The Bertz CT molecular complexity index is 630. The van der Waals surface area contributed by atoms with Gasteiger partial charge in [-0.15, -0.1) is 0 Å². The first-order valence-corrected chi connectivity index (χ1v) is 6.64. The quantitative estimate of drug-likeness (QED) is 0.796. The summed E-state index contributed by atoms with van der Waals surface area (Å²) in [4.78, 5) is 16.1. The average molecular weight is 269 g/mol. The van der Waals surface area contributed by atoms with Gasteiger partial charge in [-0.05, 0) is 62.1 Å². The van der Waals surface area contributed by atoms with E-state index in [0.29, 0.717) is 5.69 Å². The van der Waals surface area contributed by atoms with Gasteiger partial charge in [-0.3, -0.25) is 9.78 Å². The maximum Gasteiger partial charge on any atom is 0.218 e. The van der Waals surface area contributed by atoms with Crippen molar-refractivity contribution in [2.75, 3.05) is 6.61 Å². The van der Waals surface area contributed by atoms with Crippen molar-refractivity contribution in [3.8, 4) is 5.75 Å². The highest BCUT2D eigenvalue weighted by atomic mass is 16.5. The Labute approximate surface area is 119 Å². The second-order valence-corrected chi connectivity index (χ2v) is 5.14. The molecule has 0 aliphatic heterocycles. The van der Waals surface area contributed by atoms with Crippen LogP contribution in [-0.2, 0) is 0 Å². The SMILES string of the molecule is Cc1ccc(C(=O)COc2cc(C)cc(C)c2C)nc1. The third-order valence-electron chi connectivity index (χ3n) is 3.32. The zero-order valence-corrected chi connectivity index (χ0v) is 12.4. The van der Waals surface area contributed by atoms with Crippen LogP contribution in [-0.4, -0.2) is 17.4 Å². The van der Waals surface area contributed by atoms with Gasteiger partial charge in [-0.2, -0.15) is 0 Å². The summed E-state index contributed by atoms with van der Waals surface area (Å²) < 4.78 is 5.66. The fourth-order valence-electron chi connectivity index (χ4n) is 2.00. The van der Waals surface area contributed by atoms with Gasteiger partial charge in [0.25, 0.3) is 0 Å². The van der Waals surface area contributed by atoms with Crippen molar-refractivity contribution in [3.05, 3.63) is 58.4 Å². The number of carbonyl (C=O) groups excluding carboxylic acids is 1. The number of ketones is 1. The van der Waals surface area contributed by atoms with E-state index in [1.165, 1.54) is 5.56 Å². The van der Waals surface area contributed by atoms with Crippen molar-refractivity contribution in [2.24, 2.45) is 0 Å². The summed E-state index contributed by atoms with van der Waals surface area (Å²) in [6, 6.07) is 7.67. The van der Waals surface area contributed by atoms with Crippen LogP contribution in [0.2, 0.25) is 0 Å². The number of rotatable bonds is 4. The fraction of sp³-hybridized carbons (Fsp3) is 0.294. The zero-order chi connectivity index (χ0) is 14.7. The van der Waals surface area contributed by atoms with E-state index in [-0.39, 0.29) is 12.4 Å². The van der Waals surface area contributed by atoms with Gasteiger partial charge in [0, 0.05) is 6.20 Å². The molecule has 1 heterocycles. The molecule has 3 nitrogen and oxygen atoms in total.